The molecule has 0 saturated carbocycles. The van der Waals surface area contributed by atoms with Gasteiger partial charge in [0.05, 0.1) is 18.4 Å². The van der Waals surface area contributed by atoms with Crippen LogP contribution in [0.3, 0.4) is 0 Å². The van der Waals surface area contributed by atoms with Gasteiger partial charge in [-0.05, 0) is 85.1 Å². The molecule has 3 rings (SSSR count). The number of ether oxygens (including phenoxy) is 3. The Labute approximate surface area is 193 Å². The molecular formula is C26H26N2O5. The molecule has 0 aliphatic rings. The standard InChI is InChI=1S/C26H26N2O5/c1-3-15-31-22-13-9-21(10-14-22)26(30)33-23-11-7-20(8-12-23)17-27-28-25(29)18-32-24-6-4-5-19(2)16-24/h4-14,16-17H,3,15,18H2,1-2H3,(H,28,29)/b27-17+. The van der Waals surface area contributed by atoms with E-state index in [1.165, 1.54) is 6.21 Å². The van der Waals surface area contributed by atoms with Gasteiger partial charge in [0.1, 0.15) is 17.2 Å². The van der Waals surface area contributed by atoms with Crippen molar-refractivity contribution in [2.75, 3.05) is 13.2 Å². The number of benzene rings is 3. The minimum absolute atomic E-state index is 0.138. The average Bonchev–Trinajstić information content (AvgIpc) is 2.83. The predicted molar refractivity (Wildman–Crippen MR) is 126 cm³/mol. The number of amides is 1. The van der Waals surface area contributed by atoms with Crippen LogP contribution in [0.5, 0.6) is 17.2 Å². The monoisotopic (exact) mass is 446 g/mol. The van der Waals surface area contributed by atoms with Gasteiger partial charge >= 0.3 is 5.97 Å². The summed E-state index contributed by atoms with van der Waals surface area (Å²) in [5.74, 6) is 0.911. The van der Waals surface area contributed by atoms with Gasteiger partial charge in [-0.3, -0.25) is 4.79 Å². The van der Waals surface area contributed by atoms with Crippen LogP contribution in [0.2, 0.25) is 0 Å². The van der Waals surface area contributed by atoms with Crippen LogP contribution in [0, 0.1) is 6.92 Å². The van der Waals surface area contributed by atoms with Crippen LogP contribution in [0.15, 0.2) is 77.9 Å². The van der Waals surface area contributed by atoms with Gasteiger partial charge in [0.25, 0.3) is 5.91 Å². The molecule has 1 amide bonds. The average molecular weight is 447 g/mol. The predicted octanol–water partition coefficient (Wildman–Crippen LogP) is 4.53. The Morgan fingerprint density at radius 1 is 0.909 bits per heavy atom. The molecule has 7 nitrogen and oxygen atoms in total. The van der Waals surface area contributed by atoms with Crippen molar-refractivity contribution in [1.29, 1.82) is 0 Å². The molecule has 0 radical (unpaired) electrons. The van der Waals surface area contributed by atoms with Gasteiger partial charge < -0.3 is 14.2 Å². The second-order valence-electron chi connectivity index (χ2n) is 7.23. The number of hydrogen-bond donors (Lipinski definition) is 1. The van der Waals surface area contributed by atoms with Crippen LogP contribution in [-0.2, 0) is 4.79 Å². The van der Waals surface area contributed by atoms with E-state index in [1.807, 2.05) is 32.0 Å². The van der Waals surface area contributed by atoms with Crippen molar-refractivity contribution in [3.05, 3.63) is 89.5 Å². The topological polar surface area (TPSA) is 86.2 Å². The maximum Gasteiger partial charge on any atom is 0.343 e. The van der Waals surface area contributed by atoms with Gasteiger partial charge in [0.2, 0.25) is 0 Å². The SMILES string of the molecule is CCCOc1ccc(C(=O)Oc2ccc(/C=N/NC(=O)COc3cccc(C)c3)cc2)cc1. The number of rotatable bonds is 10. The summed E-state index contributed by atoms with van der Waals surface area (Å²) in [6.07, 6.45) is 2.41. The summed E-state index contributed by atoms with van der Waals surface area (Å²) in [6, 6.07) is 21.0. The Hall–Kier alpha value is -4.13. The highest BCUT2D eigenvalue weighted by molar-refractivity contribution is 5.91. The molecule has 3 aromatic carbocycles. The summed E-state index contributed by atoms with van der Waals surface area (Å²) in [5.41, 5.74) is 4.62. The highest BCUT2D eigenvalue weighted by Gasteiger charge is 2.09. The van der Waals surface area contributed by atoms with Crippen molar-refractivity contribution in [1.82, 2.24) is 5.43 Å². The Kier molecular flexibility index (Phi) is 8.59. The first-order valence-corrected chi connectivity index (χ1v) is 10.6. The molecule has 3 aromatic rings. The highest BCUT2D eigenvalue weighted by Crippen LogP contribution is 2.17. The van der Waals surface area contributed by atoms with Crippen molar-refractivity contribution in [3.63, 3.8) is 0 Å². The number of hydrogen-bond acceptors (Lipinski definition) is 6. The van der Waals surface area contributed by atoms with Gasteiger partial charge in [0, 0.05) is 0 Å². The Morgan fingerprint density at radius 2 is 1.64 bits per heavy atom. The van der Waals surface area contributed by atoms with E-state index in [1.54, 1.807) is 54.6 Å². The maximum atomic E-state index is 12.3. The zero-order valence-corrected chi connectivity index (χ0v) is 18.6. The minimum Gasteiger partial charge on any atom is -0.494 e. The first-order valence-electron chi connectivity index (χ1n) is 10.6. The van der Waals surface area contributed by atoms with E-state index in [4.69, 9.17) is 14.2 Å². The van der Waals surface area contributed by atoms with E-state index < -0.39 is 5.97 Å². The minimum atomic E-state index is -0.459. The number of carbonyl (C=O) groups excluding carboxylic acids is 2. The van der Waals surface area contributed by atoms with E-state index in [0.717, 1.165) is 17.5 Å². The highest BCUT2D eigenvalue weighted by atomic mass is 16.5. The van der Waals surface area contributed by atoms with Crippen molar-refractivity contribution < 1.29 is 23.8 Å². The largest absolute Gasteiger partial charge is 0.494 e. The smallest absolute Gasteiger partial charge is 0.343 e. The first kappa shape index (κ1) is 23.5. The van der Waals surface area contributed by atoms with Crippen LogP contribution in [0.4, 0.5) is 0 Å². The summed E-state index contributed by atoms with van der Waals surface area (Å²) in [4.78, 5) is 24.2. The molecule has 0 bridgehead atoms. The first-order chi connectivity index (χ1) is 16.0. The van der Waals surface area contributed by atoms with E-state index >= 15 is 0 Å². The normalized spacial score (nSPS) is 10.6. The molecule has 7 heteroatoms. The van der Waals surface area contributed by atoms with Gasteiger partial charge in [-0.2, -0.15) is 5.10 Å². The second kappa shape index (κ2) is 12.0. The molecule has 0 aliphatic heterocycles. The number of hydrazone groups is 1. The van der Waals surface area contributed by atoms with Crippen molar-refractivity contribution in [3.8, 4) is 17.2 Å². The number of nitrogens with zero attached hydrogens (tertiary/aromatic N) is 1. The lowest BCUT2D eigenvalue weighted by Crippen LogP contribution is -2.24. The Balaban J connectivity index is 1.45. The Bertz CT molecular complexity index is 1090. The maximum absolute atomic E-state index is 12.3. The van der Waals surface area contributed by atoms with Crippen molar-refractivity contribution in [2.24, 2.45) is 5.10 Å². The van der Waals surface area contributed by atoms with E-state index in [9.17, 15) is 9.59 Å². The summed E-state index contributed by atoms with van der Waals surface area (Å²) >= 11 is 0. The molecule has 0 spiro atoms. The van der Waals surface area contributed by atoms with Crippen LogP contribution in [0.1, 0.15) is 34.8 Å². The molecule has 0 fully saturated rings. The third-order valence-electron chi connectivity index (χ3n) is 4.42. The third-order valence-corrected chi connectivity index (χ3v) is 4.42. The quantitative estimate of drug-likeness (QED) is 0.214. The molecular weight excluding hydrogens is 420 g/mol. The number of esters is 1. The lowest BCUT2D eigenvalue weighted by Gasteiger charge is -2.07. The number of carbonyl (C=O) groups is 2. The van der Waals surface area contributed by atoms with Crippen LogP contribution < -0.4 is 19.6 Å². The molecule has 170 valence electrons. The fraction of sp³-hybridized carbons (Fsp3) is 0.192. The molecule has 33 heavy (non-hydrogen) atoms. The summed E-state index contributed by atoms with van der Waals surface area (Å²) in [6.45, 7) is 4.47. The van der Waals surface area contributed by atoms with Gasteiger partial charge in [-0.25, -0.2) is 10.2 Å². The number of nitrogens with one attached hydrogen (secondary N) is 1. The lowest BCUT2D eigenvalue weighted by atomic mass is 10.2. The van der Waals surface area contributed by atoms with E-state index in [2.05, 4.69) is 10.5 Å². The fourth-order valence-electron chi connectivity index (χ4n) is 2.76. The van der Waals surface area contributed by atoms with Gasteiger partial charge in [0.15, 0.2) is 6.61 Å². The van der Waals surface area contributed by atoms with E-state index in [-0.39, 0.29) is 12.5 Å². The third kappa shape index (κ3) is 7.81. The molecule has 0 unspecified atom stereocenters. The fourth-order valence-corrected chi connectivity index (χ4v) is 2.76. The number of aryl methyl sites for hydroxylation is 1. The van der Waals surface area contributed by atoms with Crippen LogP contribution in [-0.4, -0.2) is 31.3 Å². The van der Waals surface area contributed by atoms with Crippen molar-refractivity contribution >= 4 is 18.1 Å². The molecule has 0 aromatic heterocycles. The molecule has 0 aliphatic carbocycles. The van der Waals surface area contributed by atoms with E-state index in [0.29, 0.717) is 29.4 Å². The second-order valence-corrected chi connectivity index (χ2v) is 7.23. The van der Waals surface area contributed by atoms with Gasteiger partial charge in [-0.15, -0.1) is 0 Å². The summed E-state index contributed by atoms with van der Waals surface area (Å²) in [7, 11) is 0. The summed E-state index contributed by atoms with van der Waals surface area (Å²) in [5, 5.41) is 3.91. The Morgan fingerprint density at radius 3 is 2.33 bits per heavy atom. The lowest BCUT2D eigenvalue weighted by molar-refractivity contribution is -0.123. The zero-order valence-electron chi connectivity index (χ0n) is 18.6. The molecule has 1 N–H and O–H groups in total. The molecule has 0 atom stereocenters. The molecule has 0 heterocycles. The van der Waals surface area contributed by atoms with Crippen LogP contribution >= 0.6 is 0 Å². The van der Waals surface area contributed by atoms with Gasteiger partial charge in [-0.1, -0.05) is 19.1 Å². The molecule has 0 saturated heterocycles. The summed E-state index contributed by atoms with van der Waals surface area (Å²) < 4.78 is 16.3. The zero-order chi connectivity index (χ0) is 23.5. The van der Waals surface area contributed by atoms with Crippen LogP contribution in [0.25, 0.3) is 0 Å². The van der Waals surface area contributed by atoms with Crippen molar-refractivity contribution in [2.45, 2.75) is 20.3 Å².